The summed E-state index contributed by atoms with van der Waals surface area (Å²) in [5, 5.41) is 5.95. The highest BCUT2D eigenvalue weighted by Crippen LogP contribution is 2.23. The van der Waals surface area contributed by atoms with Crippen LogP contribution in [0.3, 0.4) is 0 Å². The van der Waals surface area contributed by atoms with Crippen LogP contribution in [0.4, 0.5) is 0 Å². The van der Waals surface area contributed by atoms with Crippen LogP contribution in [-0.2, 0) is 6.54 Å². The summed E-state index contributed by atoms with van der Waals surface area (Å²) in [4.78, 5) is 12.1. The van der Waals surface area contributed by atoms with Gasteiger partial charge in [0, 0.05) is 11.6 Å². The van der Waals surface area contributed by atoms with E-state index in [0.717, 1.165) is 0 Å². The van der Waals surface area contributed by atoms with Gasteiger partial charge in [-0.15, -0.1) is 5.10 Å². The number of aromatic nitrogens is 2. The minimum absolute atomic E-state index is 0.145. The SMILES string of the molecule is CCOc1nn(CC)c(=O)c2cc(Cl)ccc12. The second-order valence-electron chi connectivity index (χ2n) is 3.55. The highest BCUT2D eigenvalue weighted by Gasteiger charge is 2.10. The standard InChI is InChI=1S/C12H13ClN2O2/c1-3-15-12(16)10-7-8(13)5-6-9(10)11(14-15)17-4-2/h5-7H,3-4H2,1-2H3. The van der Waals surface area contributed by atoms with Crippen molar-refractivity contribution in [1.29, 1.82) is 0 Å². The van der Waals surface area contributed by atoms with E-state index in [1.54, 1.807) is 18.2 Å². The molecule has 0 amide bonds. The Morgan fingerprint density at radius 2 is 2.12 bits per heavy atom. The molecule has 5 heteroatoms. The fourth-order valence-electron chi connectivity index (χ4n) is 1.69. The van der Waals surface area contributed by atoms with Gasteiger partial charge in [0.15, 0.2) is 0 Å². The van der Waals surface area contributed by atoms with E-state index < -0.39 is 0 Å². The summed E-state index contributed by atoms with van der Waals surface area (Å²) in [6.07, 6.45) is 0. The summed E-state index contributed by atoms with van der Waals surface area (Å²) in [5.41, 5.74) is -0.145. The smallest absolute Gasteiger partial charge is 0.274 e. The minimum Gasteiger partial charge on any atom is -0.477 e. The van der Waals surface area contributed by atoms with Crippen molar-refractivity contribution in [3.63, 3.8) is 0 Å². The molecule has 0 bridgehead atoms. The van der Waals surface area contributed by atoms with Gasteiger partial charge in [-0.05, 0) is 32.0 Å². The molecule has 1 aromatic carbocycles. The van der Waals surface area contributed by atoms with Crippen molar-refractivity contribution >= 4 is 22.4 Å². The predicted octanol–water partition coefficient (Wildman–Crippen LogP) is 2.47. The zero-order valence-electron chi connectivity index (χ0n) is 9.74. The van der Waals surface area contributed by atoms with Crippen molar-refractivity contribution in [2.75, 3.05) is 6.61 Å². The van der Waals surface area contributed by atoms with E-state index in [1.165, 1.54) is 4.68 Å². The van der Waals surface area contributed by atoms with E-state index in [0.29, 0.717) is 34.8 Å². The Kier molecular flexibility index (Phi) is 3.33. The van der Waals surface area contributed by atoms with Gasteiger partial charge in [-0.2, -0.15) is 0 Å². The van der Waals surface area contributed by atoms with Crippen molar-refractivity contribution in [3.05, 3.63) is 33.6 Å². The zero-order valence-corrected chi connectivity index (χ0v) is 10.5. The average Bonchev–Trinajstić information content (AvgIpc) is 2.33. The molecule has 0 aliphatic rings. The van der Waals surface area contributed by atoms with Crippen LogP contribution in [0.15, 0.2) is 23.0 Å². The highest BCUT2D eigenvalue weighted by atomic mass is 35.5. The fourth-order valence-corrected chi connectivity index (χ4v) is 1.86. The van der Waals surface area contributed by atoms with E-state index in [2.05, 4.69) is 5.10 Å². The molecule has 0 atom stereocenters. The maximum atomic E-state index is 12.1. The molecular formula is C12H13ClN2O2. The average molecular weight is 253 g/mol. The molecule has 1 aromatic heterocycles. The summed E-state index contributed by atoms with van der Waals surface area (Å²) in [6, 6.07) is 5.14. The van der Waals surface area contributed by atoms with E-state index >= 15 is 0 Å². The minimum atomic E-state index is -0.145. The molecule has 0 aliphatic carbocycles. The van der Waals surface area contributed by atoms with Crippen LogP contribution in [0.25, 0.3) is 10.8 Å². The maximum Gasteiger partial charge on any atom is 0.274 e. The Morgan fingerprint density at radius 1 is 1.35 bits per heavy atom. The molecule has 90 valence electrons. The largest absolute Gasteiger partial charge is 0.477 e. The number of fused-ring (bicyclic) bond motifs is 1. The summed E-state index contributed by atoms with van der Waals surface area (Å²) < 4.78 is 6.82. The van der Waals surface area contributed by atoms with Gasteiger partial charge in [-0.1, -0.05) is 11.6 Å². The molecule has 0 fully saturated rings. The monoisotopic (exact) mass is 252 g/mol. The topological polar surface area (TPSA) is 44.1 Å². The summed E-state index contributed by atoms with van der Waals surface area (Å²) in [7, 11) is 0. The zero-order chi connectivity index (χ0) is 12.4. The Hall–Kier alpha value is -1.55. The molecule has 0 aliphatic heterocycles. The Bertz CT molecular complexity index is 607. The van der Waals surface area contributed by atoms with E-state index in [1.807, 2.05) is 13.8 Å². The lowest BCUT2D eigenvalue weighted by molar-refractivity contribution is 0.319. The Labute approximate surface area is 104 Å². The number of aryl methyl sites for hydroxylation is 1. The third-order valence-corrected chi connectivity index (χ3v) is 2.70. The van der Waals surface area contributed by atoms with Gasteiger partial charge >= 0.3 is 0 Å². The summed E-state index contributed by atoms with van der Waals surface area (Å²) in [5.74, 6) is 0.473. The van der Waals surface area contributed by atoms with Crippen LogP contribution in [-0.4, -0.2) is 16.4 Å². The van der Waals surface area contributed by atoms with Gasteiger partial charge in [-0.25, -0.2) is 4.68 Å². The molecule has 1 heterocycles. The molecule has 0 N–H and O–H groups in total. The molecule has 0 saturated heterocycles. The van der Waals surface area contributed by atoms with Crippen LogP contribution < -0.4 is 10.3 Å². The number of rotatable bonds is 3. The van der Waals surface area contributed by atoms with Gasteiger partial charge in [-0.3, -0.25) is 4.79 Å². The highest BCUT2D eigenvalue weighted by molar-refractivity contribution is 6.31. The lowest BCUT2D eigenvalue weighted by Crippen LogP contribution is -2.23. The van der Waals surface area contributed by atoms with Crippen molar-refractivity contribution < 1.29 is 4.74 Å². The number of hydrogen-bond acceptors (Lipinski definition) is 3. The van der Waals surface area contributed by atoms with E-state index in [4.69, 9.17) is 16.3 Å². The first-order valence-electron chi connectivity index (χ1n) is 5.50. The summed E-state index contributed by atoms with van der Waals surface area (Å²) in [6.45, 7) is 4.75. The molecule has 0 spiro atoms. The number of halogens is 1. The number of ether oxygens (including phenoxy) is 1. The molecule has 2 rings (SSSR count). The molecule has 4 nitrogen and oxygen atoms in total. The van der Waals surface area contributed by atoms with Crippen molar-refractivity contribution in [1.82, 2.24) is 9.78 Å². The van der Waals surface area contributed by atoms with Gasteiger partial charge in [0.25, 0.3) is 5.56 Å². The maximum absolute atomic E-state index is 12.1. The van der Waals surface area contributed by atoms with Gasteiger partial charge in [0.05, 0.1) is 17.4 Å². The van der Waals surface area contributed by atoms with Crippen LogP contribution in [0.5, 0.6) is 5.88 Å². The van der Waals surface area contributed by atoms with Crippen LogP contribution in [0.1, 0.15) is 13.8 Å². The van der Waals surface area contributed by atoms with E-state index in [9.17, 15) is 4.79 Å². The molecule has 0 saturated carbocycles. The lowest BCUT2D eigenvalue weighted by Gasteiger charge is -2.09. The number of benzene rings is 1. The number of hydrogen-bond donors (Lipinski definition) is 0. The van der Waals surface area contributed by atoms with Gasteiger partial charge in [0.1, 0.15) is 0 Å². The second kappa shape index (κ2) is 4.75. The van der Waals surface area contributed by atoms with Crippen molar-refractivity contribution in [3.8, 4) is 5.88 Å². The van der Waals surface area contributed by atoms with E-state index in [-0.39, 0.29) is 5.56 Å². The van der Waals surface area contributed by atoms with Crippen molar-refractivity contribution in [2.24, 2.45) is 0 Å². The fraction of sp³-hybridized carbons (Fsp3) is 0.333. The predicted molar refractivity (Wildman–Crippen MR) is 67.9 cm³/mol. The van der Waals surface area contributed by atoms with Gasteiger partial charge in [0.2, 0.25) is 5.88 Å². The molecule has 0 unspecified atom stereocenters. The number of nitrogens with zero attached hydrogens (tertiary/aromatic N) is 2. The third-order valence-electron chi connectivity index (χ3n) is 2.47. The Balaban J connectivity index is 2.82. The van der Waals surface area contributed by atoms with Crippen LogP contribution in [0, 0.1) is 0 Å². The first kappa shape index (κ1) is 11.9. The molecule has 0 radical (unpaired) electrons. The van der Waals surface area contributed by atoms with Crippen LogP contribution >= 0.6 is 11.6 Å². The summed E-state index contributed by atoms with van der Waals surface area (Å²) >= 11 is 5.91. The normalized spacial score (nSPS) is 10.8. The molecule has 17 heavy (non-hydrogen) atoms. The van der Waals surface area contributed by atoms with Crippen LogP contribution in [0.2, 0.25) is 5.02 Å². The first-order chi connectivity index (χ1) is 8.17. The van der Waals surface area contributed by atoms with Crippen molar-refractivity contribution in [2.45, 2.75) is 20.4 Å². The lowest BCUT2D eigenvalue weighted by atomic mass is 10.2. The molecular weight excluding hydrogens is 240 g/mol. The quantitative estimate of drug-likeness (QED) is 0.843. The first-order valence-corrected chi connectivity index (χ1v) is 5.88. The molecule has 2 aromatic rings. The third kappa shape index (κ3) is 2.13. The van der Waals surface area contributed by atoms with Gasteiger partial charge < -0.3 is 4.74 Å². The Morgan fingerprint density at radius 3 is 2.76 bits per heavy atom. The second-order valence-corrected chi connectivity index (χ2v) is 3.99.